The molecule has 3 rings (SSSR count). The maximum atomic E-state index is 11.9. The van der Waals surface area contributed by atoms with E-state index in [1.807, 2.05) is 17.5 Å². The summed E-state index contributed by atoms with van der Waals surface area (Å²) in [7, 11) is 0. The number of hydrogen-bond acceptors (Lipinski definition) is 4. The van der Waals surface area contributed by atoms with E-state index in [1.165, 1.54) is 11.3 Å². The van der Waals surface area contributed by atoms with Crippen LogP contribution in [0.4, 0.5) is 0 Å². The smallest absolute Gasteiger partial charge is 0.294 e. The van der Waals surface area contributed by atoms with Gasteiger partial charge in [0.15, 0.2) is 0 Å². The Morgan fingerprint density at radius 3 is 3.05 bits per heavy atom. The van der Waals surface area contributed by atoms with Gasteiger partial charge in [-0.25, -0.2) is 4.99 Å². The van der Waals surface area contributed by atoms with Crippen molar-refractivity contribution in [3.8, 4) is 0 Å². The van der Waals surface area contributed by atoms with Crippen molar-refractivity contribution in [1.29, 1.82) is 0 Å². The van der Waals surface area contributed by atoms with Gasteiger partial charge < -0.3 is 10.6 Å². The van der Waals surface area contributed by atoms with Gasteiger partial charge >= 0.3 is 0 Å². The Kier molecular flexibility index (Phi) is 3.30. The molecule has 0 radical (unpaired) electrons. The van der Waals surface area contributed by atoms with Crippen LogP contribution in [0.25, 0.3) is 0 Å². The van der Waals surface area contributed by atoms with E-state index in [4.69, 9.17) is 0 Å². The third kappa shape index (κ3) is 2.46. The second kappa shape index (κ2) is 5.26. The minimum absolute atomic E-state index is 0.214. The molecule has 0 saturated heterocycles. The van der Waals surface area contributed by atoms with Crippen LogP contribution in [0.2, 0.25) is 0 Å². The summed E-state index contributed by atoms with van der Waals surface area (Å²) in [6, 6.07) is 3.50. The molecule has 0 atom stereocenters. The maximum absolute atomic E-state index is 11.9. The first kappa shape index (κ1) is 12.6. The maximum Gasteiger partial charge on any atom is 0.294 e. The molecule has 6 heteroatoms. The Morgan fingerprint density at radius 2 is 2.35 bits per heavy atom. The summed E-state index contributed by atoms with van der Waals surface area (Å²) >= 11 is 1.33. The number of amides is 2. The number of nitrogens with zero attached hydrogens (tertiary/aromatic N) is 1. The number of hydrogen-bond donors (Lipinski definition) is 2. The first-order chi connectivity index (χ1) is 9.74. The minimum atomic E-state index is -0.419. The fraction of sp³-hybridized carbons (Fsp3) is 0.0714. The number of carbonyl (C=O) groups is 2. The summed E-state index contributed by atoms with van der Waals surface area (Å²) < 4.78 is 0. The topological polar surface area (TPSA) is 70.6 Å². The Labute approximate surface area is 119 Å². The van der Waals surface area contributed by atoms with E-state index in [-0.39, 0.29) is 11.6 Å². The molecule has 0 unspecified atom stereocenters. The Bertz CT molecular complexity index is 681. The number of dihydropyridines is 1. The lowest BCUT2D eigenvalue weighted by molar-refractivity contribution is -0.114. The Balaban J connectivity index is 1.76. The summed E-state index contributed by atoms with van der Waals surface area (Å²) in [5.41, 5.74) is 1.66. The zero-order valence-electron chi connectivity index (χ0n) is 10.4. The monoisotopic (exact) mass is 285 g/mol. The molecule has 0 aromatic carbocycles. The van der Waals surface area contributed by atoms with Gasteiger partial charge in [0.2, 0.25) is 0 Å². The molecule has 0 saturated carbocycles. The molecular weight excluding hydrogens is 274 g/mol. The normalized spacial score (nSPS) is 17.2. The van der Waals surface area contributed by atoms with Crippen molar-refractivity contribution in [2.24, 2.45) is 4.99 Å². The molecule has 2 N–H and O–H groups in total. The van der Waals surface area contributed by atoms with Crippen LogP contribution in [0.5, 0.6) is 0 Å². The van der Waals surface area contributed by atoms with Gasteiger partial charge in [0.1, 0.15) is 5.70 Å². The van der Waals surface area contributed by atoms with Crippen LogP contribution < -0.4 is 10.6 Å². The summed E-state index contributed by atoms with van der Waals surface area (Å²) in [5.74, 6) is -0.705. The van der Waals surface area contributed by atoms with Crippen molar-refractivity contribution >= 4 is 28.9 Å². The number of allylic oxidation sites excluding steroid dienone is 3. The van der Waals surface area contributed by atoms with Gasteiger partial charge in [-0.2, -0.15) is 0 Å². The van der Waals surface area contributed by atoms with Gasteiger partial charge in [0.05, 0.1) is 10.6 Å². The molecule has 5 nitrogen and oxygen atoms in total. The van der Waals surface area contributed by atoms with Crippen LogP contribution in [-0.2, 0) is 4.79 Å². The summed E-state index contributed by atoms with van der Waals surface area (Å²) in [4.78, 5) is 28.2. The third-order valence-corrected chi connectivity index (χ3v) is 3.71. The number of thiophene rings is 1. The van der Waals surface area contributed by atoms with Crippen LogP contribution in [0.3, 0.4) is 0 Å². The molecule has 100 valence electrons. The van der Waals surface area contributed by atoms with E-state index in [0.717, 1.165) is 5.57 Å². The first-order valence-corrected chi connectivity index (χ1v) is 6.92. The molecule has 1 aromatic rings. The Hall–Kier alpha value is -2.47. The second-order valence-electron chi connectivity index (χ2n) is 4.19. The van der Waals surface area contributed by atoms with Crippen molar-refractivity contribution in [3.63, 3.8) is 0 Å². The lowest BCUT2D eigenvalue weighted by Crippen LogP contribution is -2.24. The highest BCUT2D eigenvalue weighted by Crippen LogP contribution is 2.15. The van der Waals surface area contributed by atoms with Crippen LogP contribution in [0.15, 0.2) is 58.2 Å². The molecule has 0 spiro atoms. The van der Waals surface area contributed by atoms with E-state index in [2.05, 4.69) is 15.6 Å². The Morgan fingerprint density at radius 1 is 1.45 bits per heavy atom. The number of carbonyl (C=O) groups excluding carboxylic acids is 2. The molecule has 20 heavy (non-hydrogen) atoms. The quantitative estimate of drug-likeness (QED) is 0.881. The highest BCUT2D eigenvalue weighted by molar-refractivity contribution is 7.12. The molecule has 1 aromatic heterocycles. The number of aliphatic imine (C=N–C) groups is 1. The number of nitrogens with one attached hydrogen (secondary N) is 2. The molecule has 2 aliphatic rings. The summed E-state index contributed by atoms with van der Waals surface area (Å²) in [5, 5.41) is 7.44. The van der Waals surface area contributed by atoms with Gasteiger partial charge in [-0.05, 0) is 35.4 Å². The SMILES string of the molecule is O=C1N=C(C2=CCNC=C2)C=C1NC(=O)c1cccs1. The lowest BCUT2D eigenvalue weighted by atomic mass is 10.1. The van der Waals surface area contributed by atoms with E-state index >= 15 is 0 Å². The van der Waals surface area contributed by atoms with Crippen LogP contribution >= 0.6 is 11.3 Å². The molecular formula is C14H11N3O2S. The fourth-order valence-corrected chi connectivity index (χ4v) is 2.49. The van der Waals surface area contributed by atoms with Crippen molar-refractivity contribution < 1.29 is 9.59 Å². The van der Waals surface area contributed by atoms with Crippen molar-refractivity contribution in [3.05, 3.63) is 58.1 Å². The van der Waals surface area contributed by atoms with Crippen LogP contribution in [0, 0.1) is 0 Å². The van der Waals surface area contributed by atoms with Gasteiger partial charge in [0.25, 0.3) is 11.8 Å². The predicted molar refractivity (Wildman–Crippen MR) is 77.5 cm³/mol. The highest BCUT2D eigenvalue weighted by atomic mass is 32.1. The largest absolute Gasteiger partial charge is 0.387 e. The van der Waals surface area contributed by atoms with Gasteiger partial charge in [-0.3, -0.25) is 9.59 Å². The lowest BCUT2D eigenvalue weighted by Gasteiger charge is -2.05. The van der Waals surface area contributed by atoms with Crippen molar-refractivity contribution in [1.82, 2.24) is 10.6 Å². The fourth-order valence-electron chi connectivity index (χ4n) is 1.87. The zero-order chi connectivity index (χ0) is 13.9. The molecule has 3 heterocycles. The van der Waals surface area contributed by atoms with Gasteiger partial charge in [-0.15, -0.1) is 11.3 Å². The minimum Gasteiger partial charge on any atom is -0.387 e. The molecule has 0 bridgehead atoms. The summed E-state index contributed by atoms with van der Waals surface area (Å²) in [6.07, 6.45) is 7.19. The van der Waals surface area contributed by atoms with Crippen LogP contribution in [-0.4, -0.2) is 24.1 Å². The van der Waals surface area contributed by atoms with E-state index in [0.29, 0.717) is 17.1 Å². The zero-order valence-corrected chi connectivity index (χ0v) is 11.2. The first-order valence-electron chi connectivity index (χ1n) is 6.04. The van der Waals surface area contributed by atoms with E-state index in [9.17, 15) is 9.59 Å². The van der Waals surface area contributed by atoms with Crippen molar-refractivity contribution in [2.75, 3.05) is 6.54 Å². The molecule has 0 aliphatic carbocycles. The third-order valence-electron chi connectivity index (χ3n) is 2.84. The van der Waals surface area contributed by atoms with E-state index in [1.54, 1.807) is 24.4 Å². The summed E-state index contributed by atoms with van der Waals surface area (Å²) in [6.45, 7) is 0.698. The van der Waals surface area contributed by atoms with Gasteiger partial charge in [-0.1, -0.05) is 12.1 Å². The number of rotatable bonds is 3. The highest BCUT2D eigenvalue weighted by Gasteiger charge is 2.22. The standard InChI is InChI=1S/C14H11N3O2S/c18-13-11(17-14(19)12-2-1-7-20-12)8-10(16-13)9-3-5-15-6-4-9/h1-5,7-8,15H,6H2,(H,16,17,18,19). The molecule has 2 aliphatic heterocycles. The van der Waals surface area contributed by atoms with Crippen molar-refractivity contribution in [2.45, 2.75) is 0 Å². The molecule has 2 amide bonds. The molecule has 0 fully saturated rings. The second-order valence-corrected chi connectivity index (χ2v) is 5.14. The van der Waals surface area contributed by atoms with E-state index < -0.39 is 5.91 Å². The average Bonchev–Trinajstić information content (AvgIpc) is 3.10. The average molecular weight is 285 g/mol. The van der Waals surface area contributed by atoms with Gasteiger partial charge in [0, 0.05) is 6.54 Å². The predicted octanol–water partition coefficient (Wildman–Crippen LogP) is 1.39. The van der Waals surface area contributed by atoms with Crippen LogP contribution in [0.1, 0.15) is 9.67 Å².